The van der Waals surface area contributed by atoms with Crippen LogP contribution in [0.5, 0.6) is 0 Å². The van der Waals surface area contributed by atoms with Crippen LogP contribution < -0.4 is 5.32 Å². The molecule has 0 aromatic carbocycles. The average Bonchev–Trinajstić information content (AvgIpc) is 2.17. The fourth-order valence-electron chi connectivity index (χ4n) is 1.77. The summed E-state index contributed by atoms with van der Waals surface area (Å²) in [5.41, 5.74) is 0. The Kier molecular flexibility index (Phi) is 5.35. The number of aliphatic hydroxyl groups is 1. The van der Waals surface area contributed by atoms with Crippen molar-refractivity contribution in [2.75, 3.05) is 20.2 Å². The molecule has 0 amide bonds. The van der Waals surface area contributed by atoms with Crippen LogP contribution in [0.1, 0.15) is 32.1 Å². The molecule has 0 heterocycles. The van der Waals surface area contributed by atoms with Crippen molar-refractivity contribution in [1.29, 1.82) is 0 Å². The van der Waals surface area contributed by atoms with Gasteiger partial charge in [-0.3, -0.25) is 0 Å². The monoisotopic (exact) mass is 187 g/mol. The molecule has 1 atom stereocenters. The largest absolute Gasteiger partial charge is 0.389 e. The SMILES string of the molecule is CNCC(O)COC1CCCCC1. The van der Waals surface area contributed by atoms with Crippen LogP contribution >= 0.6 is 0 Å². The first-order valence-corrected chi connectivity index (χ1v) is 5.27. The van der Waals surface area contributed by atoms with Gasteiger partial charge in [0.05, 0.1) is 18.8 Å². The van der Waals surface area contributed by atoms with Gasteiger partial charge in [-0.25, -0.2) is 0 Å². The molecule has 3 nitrogen and oxygen atoms in total. The molecule has 0 bridgehead atoms. The van der Waals surface area contributed by atoms with Gasteiger partial charge < -0.3 is 15.2 Å². The Morgan fingerprint density at radius 3 is 2.69 bits per heavy atom. The number of hydrogen-bond acceptors (Lipinski definition) is 3. The summed E-state index contributed by atoms with van der Waals surface area (Å²) in [7, 11) is 1.84. The molecular formula is C10H21NO2. The Bertz CT molecular complexity index is 124. The van der Waals surface area contributed by atoms with Gasteiger partial charge in [-0.2, -0.15) is 0 Å². The molecule has 0 aliphatic heterocycles. The number of aliphatic hydroxyl groups excluding tert-OH is 1. The Labute approximate surface area is 80.5 Å². The van der Waals surface area contributed by atoms with E-state index in [2.05, 4.69) is 5.32 Å². The summed E-state index contributed by atoms with van der Waals surface area (Å²) in [5.74, 6) is 0. The zero-order valence-corrected chi connectivity index (χ0v) is 8.46. The molecule has 1 unspecified atom stereocenters. The van der Waals surface area contributed by atoms with Gasteiger partial charge in [0.15, 0.2) is 0 Å². The van der Waals surface area contributed by atoms with E-state index in [1.807, 2.05) is 7.05 Å². The number of likely N-dealkylation sites (N-methyl/N-ethyl adjacent to an activating group) is 1. The lowest BCUT2D eigenvalue weighted by Crippen LogP contribution is -2.30. The van der Waals surface area contributed by atoms with Crippen LogP contribution in [-0.4, -0.2) is 37.5 Å². The lowest BCUT2D eigenvalue weighted by atomic mass is 9.98. The maximum Gasteiger partial charge on any atom is 0.0897 e. The Morgan fingerprint density at radius 1 is 1.38 bits per heavy atom. The van der Waals surface area contributed by atoms with Gasteiger partial charge in [0.25, 0.3) is 0 Å². The third-order valence-corrected chi connectivity index (χ3v) is 2.52. The van der Waals surface area contributed by atoms with Crippen molar-refractivity contribution in [3.05, 3.63) is 0 Å². The van der Waals surface area contributed by atoms with Crippen LogP contribution in [0.3, 0.4) is 0 Å². The standard InChI is InChI=1S/C10H21NO2/c1-11-7-9(12)8-13-10-5-3-2-4-6-10/h9-12H,2-8H2,1H3. The molecule has 3 heteroatoms. The second-order valence-electron chi connectivity index (χ2n) is 3.80. The normalized spacial score (nSPS) is 21.7. The fourth-order valence-corrected chi connectivity index (χ4v) is 1.77. The van der Waals surface area contributed by atoms with Gasteiger partial charge >= 0.3 is 0 Å². The zero-order valence-electron chi connectivity index (χ0n) is 8.46. The van der Waals surface area contributed by atoms with E-state index in [1.165, 1.54) is 32.1 Å². The maximum atomic E-state index is 9.39. The van der Waals surface area contributed by atoms with Crippen molar-refractivity contribution in [1.82, 2.24) is 5.32 Å². The van der Waals surface area contributed by atoms with Crippen molar-refractivity contribution < 1.29 is 9.84 Å². The van der Waals surface area contributed by atoms with E-state index < -0.39 is 0 Å². The second kappa shape index (κ2) is 6.35. The summed E-state index contributed by atoms with van der Waals surface area (Å²) < 4.78 is 5.61. The van der Waals surface area contributed by atoms with E-state index >= 15 is 0 Å². The average molecular weight is 187 g/mol. The van der Waals surface area contributed by atoms with Crippen molar-refractivity contribution in [2.45, 2.75) is 44.3 Å². The van der Waals surface area contributed by atoms with Crippen LogP contribution in [0.2, 0.25) is 0 Å². The van der Waals surface area contributed by atoms with Gasteiger partial charge in [0.1, 0.15) is 0 Å². The molecule has 0 saturated heterocycles. The van der Waals surface area contributed by atoms with E-state index in [0.717, 1.165) is 0 Å². The van der Waals surface area contributed by atoms with E-state index in [-0.39, 0.29) is 6.10 Å². The Hall–Kier alpha value is -0.120. The van der Waals surface area contributed by atoms with Gasteiger partial charge in [0.2, 0.25) is 0 Å². The summed E-state index contributed by atoms with van der Waals surface area (Å²) in [5, 5.41) is 12.3. The van der Waals surface area contributed by atoms with Gasteiger partial charge in [0, 0.05) is 6.54 Å². The van der Waals surface area contributed by atoms with E-state index in [4.69, 9.17) is 4.74 Å². The first-order chi connectivity index (χ1) is 6.33. The molecule has 0 radical (unpaired) electrons. The topological polar surface area (TPSA) is 41.5 Å². The van der Waals surface area contributed by atoms with Gasteiger partial charge in [-0.15, -0.1) is 0 Å². The minimum atomic E-state index is -0.355. The molecule has 0 aromatic rings. The van der Waals surface area contributed by atoms with Gasteiger partial charge in [-0.05, 0) is 19.9 Å². The Balaban J connectivity index is 2.03. The van der Waals surface area contributed by atoms with Crippen molar-refractivity contribution in [3.8, 4) is 0 Å². The molecular weight excluding hydrogens is 166 g/mol. The maximum absolute atomic E-state index is 9.39. The zero-order chi connectivity index (χ0) is 9.52. The minimum Gasteiger partial charge on any atom is -0.389 e. The third kappa shape index (κ3) is 4.60. The highest BCUT2D eigenvalue weighted by Crippen LogP contribution is 2.20. The Morgan fingerprint density at radius 2 is 2.08 bits per heavy atom. The molecule has 1 aliphatic rings. The van der Waals surface area contributed by atoms with Crippen LogP contribution in [0.25, 0.3) is 0 Å². The third-order valence-electron chi connectivity index (χ3n) is 2.52. The number of nitrogens with one attached hydrogen (secondary N) is 1. The molecule has 2 N–H and O–H groups in total. The van der Waals surface area contributed by atoms with Crippen molar-refractivity contribution >= 4 is 0 Å². The van der Waals surface area contributed by atoms with Crippen molar-refractivity contribution in [2.24, 2.45) is 0 Å². The van der Waals surface area contributed by atoms with Crippen LogP contribution in [0, 0.1) is 0 Å². The molecule has 1 saturated carbocycles. The van der Waals surface area contributed by atoms with Crippen LogP contribution in [-0.2, 0) is 4.74 Å². The smallest absolute Gasteiger partial charge is 0.0897 e. The predicted molar refractivity (Wildman–Crippen MR) is 52.8 cm³/mol. The molecule has 1 rings (SSSR count). The first kappa shape index (κ1) is 11.0. The predicted octanol–water partition coefficient (Wildman–Crippen LogP) is 0.916. The molecule has 0 spiro atoms. The molecule has 1 fully saturated rings. The number of rotatable bonds is 5. The molecule has 13 heavy (non-hydrogen) atoms. The summed E-state index contributed by atoms with van der Waals surface area (Å²) in [4.78, 5) is 0. The lowest BCUT2D eigenvalue weighted by Gasteiger charge is -2.23. The minimum absolute atomic E-state index is 0.355. The molecule has 1 aliphatic carbocycles. The summed E-state index contributed by atoms with van der Waals surface area (Å²) in [6.45, 7) is 1.10. The fraction of sp³-hybridized carbons (Fsp3) is 1.00. The van der Waals surface area contributed by atoms with Gasteiger partial charge in [-0.1, -0.05) is 19.3 Å². The van der Waals surface area contributed by atoms with Crippen LogP contribution in [0.15, 0.2) is 0 Å². The van der Waals surface area contributed by atoms with E-state index in [9.17, 15) is 5.11 Å². The lowest BCUT2D eigenvalue weighted by molar-refractivity contribution is -0.0224. The first-order valence-electron chi connectivity index (χ1n) is 5.27. The summed E-state index contributed by atoms with van der Waals surface area (Å²) in [6, 6.07) is 0. The van der Waals surface area contributed by atoms with E-state index in [0.29, 0.717) is 19.3 Å². The molecule has 78 valence electrons. The highest BCUT2D eigenvalue weighted by molar-refractivity contribution is 4.66. The second-order valence-corrected chi connectivity index (χ2v) is 3.80. The summed E-state index contributed by atoms with van der Waals surface area (Å²) in [6.07, 6.45) is 6.31. The highest BCUT2D eigenvalue weighted by Gasteiger charge is 2.14. The molecule has 0 aromatic heterocycles. The van der Waals surface area contributed by atoms with E-state index in [1.54, 1.807) is 0 Å². The quantitative estimate of drug-likeness (QED) is 0.672. The van der Waals surface area contributed by atoms with Crippen LogP contribution in [0.4, 0.5) is 0 Å². The number of hydrogen-bond donors (Lipinski definition) is 2. The number of ether oxygens (including phenoxy) is 1. The highest BCUT2D eigenvalue weighted by atomic mass is 16.5. The summed E-state index contributed by atoms with van der Waals surface area (Å²) >= 11 is 0. The van der Waals surface area contributed by atoms with Crippen molar-refractivity contribution in [3.63, 3.8) is 0 Å².